The molecule has 0 aliphatic carbocycles. The molecule has 3 aromatic carbocycles. The number of benzene rings is 3. The number of amides is 2. The fourth-order valence-electron chi connectivity index (χ4n) is 4.42. The molecule has 42 heavy (non-hydrogen) atoms. The smallest absolute Gasteiger partial charge is 0.244 e. The van der Waals surface area contributed by atoms with Gasteiger partial charge >= 0.3 is 0 Å². The molecule has 1 N–H and O–H groups in total. The zero-order valence-corrected chi connectivity index (χ0v) is 26.8. The summed E-state index contributed by atoms with van der Waals surface area (Å²) in [4.78, 5) is 29.4. The van der Waals surface area contributed by atoms with Crippen LogP contribution in [0.4, 0.5) is 5.69 Å². The van der Waals surface area contributed by atoms with E-state index in [4.69, 9.17) is 27.9 Å². The number of hydrogen-bond acceptors (Lipinski definition) is 5. The molecule has 2 amide bonds. The van der Waals surface area contributed by atoms with Gasteiger partial charge < -0.3 is 15.0 Å². The summed E-state index contributed by atoms with van der Waals surface area (Å²) in [6.45, 7) is 5.09. The second-order valence-electron chi connectivity index (χ2n) is 10.2. The first kappa shape index (κ1) is 33.2. The molecule has 0 aliphatic heterocycles. The van der Waals surface area contributed by atoms with Crippen LogP contribution in [0.1, 0.15) is 37.0 Å². The number of nitrogens with one attached hydrogen (secondary N) is 1. The van der Waals surface area contributed by atoms with E-state index in [-0.39, 0.29) is 30.6 Å². The molecule has 0 aliphatic rings. The van der Waals surface area contributed by atoms with Crippen LogP contribution < -0.4 is 14.4 Å². The summed E-state index contributed by atoms with van der Waals surface area (Å²) < 4.78 is 32.6. The van der Waals surface area contributed by atoms with E-state index in [0.717, 1.165) is 21.7 Å². The average molecular weight is 635 g/mol. The molecule has 3 aromatic rings. The predicted octanol–water partition coefficient (Wildman–Crippen LogP) is 5.63. The zero-order chi connectivity index (χ0) is 31.0. The number of anilines is 1. The van der Waals surface area contributed by atoms with Crippen molar-refractivity contribution in [3.63, 3.8) is 0 Å². The maximum absolute atomic E-state index is 14.2. The number of nitrogens with zero attached hydrogens (tertiary/aromatic N) is 2. The van der Waals surface area contributed by atoms with Crippen LogP contribution in [0.3, 0.4) is 0 Å². The molecule has 3 rings (SSSR count). The van der Waals surface area contributed by atoms with Gasteiger partial charge in [0.2, 0.25) is 21.8 Å². The number of rotatable bonds is 13. The lowest BCUT2D eigenvalue weighted by molar-refractivity contribution is -0.140. The number of sulfonamides is 1. The number of aryl methyl sites for hydroxylation is 1. The fraction of sp³-hybridized carbons (Fsp3) is 0.355. The summed E-state index contributed by atoms with van der Waals surface area (Å²) in [6, 6.07) is 18.3. The minimum atomic E-state index is -3.94. The van der Waals surface area contributed by atoms with E-state index in [9.17, 15) is 18.0 Å². The lowest BCUT2D eigenvalue weighted by Gasteiger charge is -2.34. The molecule has 0 radical (unpaired) electrons. The summed E-state index contributed by atoms with van der Waals surface area (Å²) >= 11 is 12.4. The molecule has 8 nitrogen and oxygen atoms in total. The van der Waals surface area contributed by atoms with Gasteiger partial charge in [0.25, 0.3) is 0 Å². The van der Waals surface area contributed by atoms with Gasteiger partial charge in [-0.1, -0.05) is 72.6 Å². The van der Waals surface area contributed by atoms with Crippen LogP contribution >= 0.6 is 23.2 Å². The van der Waals surface area contributed by atoms with E-state index in [1.165, 1.54) is 12.0 Å². The lowest BCUT2D eigenvalue weighted by atomic mass is 10.0. The fourth-order valence-corrected chi connectivity index (χ4v) is 5.59. The molecule has 0 unspecified atom stereocenters. The van der Waals surface area contributed by atoms with E-state index in [0.29, 0.717) is 27.8 Å². The lowest BCUT2D eigenvalue weighted by Crippen LogP contribution is -2.54. The van der Waals surface area contributed by atoms with Crippen molar-refractivity contribution >= 4 is 50.7 Å². The van der Waals surface area contributed by atoms with E-state index >= 15 is 0 Å². The topological polar surface area (TPSA) is 96.0 Å². The van der Waals surface area contributed by atoms with E-state index in [1.807, 2.05) is 51.1 Å². The first-order chi connectivity index (χ1) is 19.8. The minimum absolute atomic E-state index is 0.0102. The molecule has 0 spiro atoms. The Morgan fingerprint density at radius 2 is 1.67 bits per heavy atom. The largest absolute Gasteiger partial charge is 0.495 e. The maximum Gasteiger partial charge on any atom is 0.244 e. The van der Waals surface area contributed by atoms with Gasteiger partial charge in [-0.25, -0.2) is 8.42 Å². The zero-order valence-electron chi connectivity index (χ0n) is 24.4. The average Bonchev–Trinajstić information content (AvgIpc) is 2.95. The normalized spacial score (nSPS) is 12.7. The predicted molar refractivity (Wildman–Crippen MR) is 169 cm³/mol. The van der Waals surface area contributed by atoms with Gasteiger partial charge in [-0.15, -0.1) is 0 Å². The molecule has 0 aromatic heterocycles. The van der Waals surface area contributed by atoms with Gasteiger partial charge in [-0.3, -0.25) is 13.9 Å². The Kier molecular flexibility index (Phi) is 11.7. The van der Waals surface area contributed by atoms with Crippen molar-refractivity contribution in [3.8, 4) is 5.75 Å². The van der Waals surface area contributed by atoms with Crippen molar-refractivity contribution < 1.29 is 22.7 Å². The molecule has 0 heterocycles. The Labute approximate surface area is 258 Å². The quantitative estimate of drug-likeness (QED) is 0.263. The molecule has 0 fully saturated rings. The third-order valence-electron chi connectivity index (χ3n) is 6.89. The van der Waals surface area contributed by atoms with Gasteiger partial charge in [0.05, 0.1) is 29.1 Å². The number of hydrogen-bond donors (Lipinski definition) is 1. The van der Waals surface area contributed by atoms with Crippen molar-refractivity contribution in [1.82, 2.24) is 10.2 Å². The summed E-state index contributed by atoms with van der Waals surface area (Å²) in [5.74, 6) is -0.624. The summed E-state index contributed by atoms with van der Waals surface area (Å²) in [5, 5.41) is 3.65. The number of halogens is 2. The molecule has 0 bridgehead atoms. The SMILES string of the molecule is CC[C@H](C)NC(=O)[C@H](Cc1ccccc1)N(Cc1ccc(Cl)c(Cl)c1)C(=O)CN(c1cc(C)ccc1OC)S(C)(=O)=O. The first-order valence-corrected chi connectivity index (χ1v) is 16.1. The summed E-state index contributed by atoms with van der Waals surface area (Å²) in [6.07, 6.45) is 1.94. The van der Waals surface area contributed by atoms with Crippen molar-refractivity contribution in [3.05, 3.63) is 93.5 Å². The summed E-state index contributed by atoms with van der Waals surface area (Å²) in [5.41, 5.74) is 2.49. The van der Waals surface area contributed by atoms with E-state index in [1.54, 1.807) is 36.4 Å². The number of methoxy groups -OCH3 is 1. The third-order valence-corrected chi connectivity index (χ3v) is 8.76. The Morgan fingerprint density at radius 3 is 2.26 bits per heavy atom. The Hall–Kier alpha value is -3.27. The van der Waals surface area contributed by atoms with Gasteiger partial charge in [0.15, 0.2) is 0 Å². The minimum Gasteiger partial charge on any atom is -0.495 e. The van der Waals surface area contributed by atoms with Crippen LogP contribution in [-0.2, 0) is 32.6 Å². The highest BCUT2D eigenvalue weighted by Crippen LogP contribution is 2.31. The van der Waals surface area contributed by atoms with Crippen molar-refractivity contribution in [2.45, 2.75) is 52.2 Å². The second-order valence-corrected chi connectivity index (χ2v) is 13.0. The van der Waals surface area contributed by atoms with Crippen LogP contribution in [0, 0.1) is 6.92 Å². The second kappa shape index (κ2) is 14.8. The van der Waals surface area contributed by atoms with Gasteiger partial charge in [-0.05, 0) is 61.2 Å². The Bertz CT molecular complexity index is 1500. The molecule has 0 saturated heterocycles. The van der Waals surface area contributed by atoms with Crippen LogP contribution in [0.5, 0.6) is 5.75 Å². The van der Waals surface area contributed by atoms with Crippen LogP contribution in [0.2, 0.25) is 10.0 Å². The number of carbonyl (C=O) groups excluding carboxylic acids is 2. The van der Waals surface area contributed by atoms with Crippen molar-refractivity contribution in [2.75, 3.05) is 24.2 Å². The highest BCUT2D eigenvalue weighted by atomic mass is 35.5. The van der Waals surface area contributed by atoms with Gasteiger partial charge in [0.1, 0.15) is 18.3 Å². The third kappa shape index (κ3) is 8.86. The van der Waals surface area contributed by atoms with Crippen LogP contribution in [-0.4, -0.2) is 57.1 Å². The van der Waals surface area contributed by atoms with Crippen molar-refractivity contribution in [2.24, 2.45) is 0 Å². The Morgan fingerprint density at radius 1 is 0.976 bits per heavy atom. The molecule has 0 saturated carbocycles. The monoisotopic (exact) mass is 633 g/mol. The van der Waals surface area contributed by atoms with E-state index < -0.39 is 28.5 Å². The first-order valence-electron chi connectivity index (χ1n) is 13.5. The standard InChI is InChI=1S/C31H37Cl2N3O5S/c1-6-22(3)34-31(38)28(18-23-10-8-7-9-11-23)35(19-24-13-14-25(32)26(33)17-24)30(37)20-36(42(5,39)40)27-16-21(2)12-15-29(27)41-4/h7-17,22,28H,6,18-20H2,1-5H3,(H,34,38)/t22-,28-/m0/s1. The van der Waals surface area contributed by atoms with Crippen LogP contribution in [0.25, 0.3) is 0 Å². The maximum atomic E-state index is 14.2. The molecule has 2 atom stereocenters. The van der Waals surface area contributed by atoms with Crippen molar-refractivity contribution in [1.29, 1.82) is 0 Å². The van der Waals surface area contributed by atoms with Gasteiger partial charge in [-0.2, -0.15) is 0 Å². The highest BCUT2D eigenvalue weighted by molar-refractivity contribution is 7.92. The van der Waals surface area contributed by atoms with E-state index in [2.05, 4.69) is 5.32 Å². The molecular formula is C31H37Cl2N3O5S. The Balaban J connectivity index is 2.12. The van der Waals surface area contributed by atoms with Crippen LogP contribution in [0.15, 0.2) is 66.7 Å². The number of carbonyl (C=O) groups is 2. The molecular weight excluding hydrogens is 597 g/mol. The summed E-state index contributed by atoms with van der Waals surface area (Å²) in [7, 11) is -2.51. The van der Waals surface area contributed by atoms with Gasteiger partial charge in [0, 0.05) is 19.0 Å². The number of ether oxygens (including phenoxy) is 1. The molecule has 11 heteroatoms. The molecule has 226 valence electrons. The highest BCUT2D eigenvalue weighted by Gasteiger charge is 2.34.